The summed E-state index contributed by atoms with van der Waals surface area (Å²) in [6.07, 6.45) is 0.0363. The topological polar surface area (TPSA) is 63.5 Å². The Kier molecular flexibility index (Phi) is 5.41. The van der Waals surface area contributed by atoms with Gasteiger partial charge >= 0.3 is 0 Å². The highest BCUT2D eigenvalue weighted by atomic mass is 16.5. The summed E-state index contributed by atoms with van der Waals surface area (Å²) >= 11 is 0. The number of ether oxygens (including phenoxy) is 3. The van der Waals surface area contributed by atoms with Crippen molar-refractivity contribution in [1.82, 2.24) is 4.90 Å². The largest absolute Gasteiger partial charge is 0.497 e. The number of oxime groups is 1. The highest BCUT2D eigenvalue weighted by molar-refractivity contribution is 6.00. The summed E-state index contributed by atoms with van der Waals surface area (Å²) in [6.45, 7) is 4.67. The molecule has 1 unspecified atom stereocenters. The first kappa shape index (κ1) is 15.6. The Balaban J connectivity index is 2.09. The van der Waals surface area contributed by atoms with E-state index in [2.05, 4.69) is 17.1 Å². The predicted octanol–water partition coefficient (Wildman–Crippen LogP) is 1.60. The van der Waals surface area contributed by atoms with Crippen LogP contribution in [0.15, 0.2) is 23.4 Å². The number of hydrogen-bond donors (Lipinski definition) is 1. The lowest BCUT2D eigenvalue weighted by atomic mass is 10.1. The lowest BCUT2D eigenvalue weighted by Crippen LogP contribution is -2.42. The van der Waals surface area contributed by atoms with E-state index in [-0.39, 0.29) is 6.10 Å². The van der Waals surface area contributed by atoms with Gasteiger partial charge in [-0.2, -0.15) is 0 Å². The Morgan fingerprint density at radius 1 is 1.52 bits per heavy atom. The van der Waals surface area contributed by atoms with Gasteiger partial charge in [0.15, 0.2) is 0 Å². The van der Waals surface area contributed by atoms with E-state index in [1.807, 2.05) is 12.1 Å². The molecule has 0 spiro atoms. The molecule has 1 aromatic rings. The lowest BCUT2D eigenvalue weighted by Gasteiger charge is -2.30. The zero-order valence-corrected chi connectivity index (χ0v) is 12.7. The van der Waals surface area contributed by atoms with E-state index in [0.29, 0.717) is 30.4 Å². The van der Waals surface area contributed by atoms with Crippen LogP contribution in [-0.4, -0.2) is 62.4 Å². The molecule has 1 heterocycles. The summed E-state index contributed by atoms with van der Waals surface area (Å²) in [5.41, 5.74) is 1.23. The number of hydrogen-bond acceptors (Lipinski definition) is 6. The van der Waals surface area contributed by atoms with E-state index in [9.17, 15) is 0 Å². The number of benzene rings is 1. The highest BCUT2D eigenvalue weighted by Crippen LogP contribution is 2.26. The van der Waals surface area contributed by atoms with Crippen molar-refractivity contribution in [2.45, 2.75) is 13.0 Å². The third-order valence-electron chi connectivity index (χ3n) is 3.50. The zero-order valence-electron chi connectivity index (χ0n) is 12.7. The standard InChI is InChI=1S/C15H22N2O4/c1-11(16-18)14-5-4-12(19-3)8-15(14)21-10-13-9-17(2)6-7-20-13/h4-5,8,13,18H,6-7,9-10H2,1-3H3/b16-11+. The average Bonchev–Trinajstić information content (AvgIpc) is 2.52. The van der Waals surface area contributed by atoms with Crippen LogP contribution in [0.25, 0.3) is 0 Å². The molecule has 1 atom stereocenters. The van der Waals surface area contributed by atoms with Gasteiger partial charge in [-0.1, -0.05) is 5.16 Å². The Hall–Kier alpha value is -1.79. The quantitative estimate of drug-likeness (QED) is 0.508. The van der Waals surface area contributed by atoms with Crippen molar-refractivity contribution >= 4 is 5.71 Å². The van der Waals surface area contributed by atoms with E-state index < -0.39 is 0 Å². The van der Waals surface area contributed by atoms with Gasteiger partial charge in [0.05, 0.1) is 19.4 Å². The van der Waals surface area contributed by atoms with Crippen LogP contribution in [0.4, 0.5) is 0 Å². The van der Waals surface area contributed by atoms with Crippen molar-refractivity contribution in [3.05, 3.63) is 23.8 Å². The Morgan fingerprint density at radius 3 is 3.00 bits per heavy atom. The summed E-state index contributed by atoms with van der Waals surface area (Å²) in [5, 5.41) is 12.2. The van der Waals surface area contributed by atoms with Crippen molar-refractivity contribution in [3.8, 4) is 11.5 Å². The molecule has 0 aromatic heterocycles. The van der Waals surface area contributed by atoms with Crippen LogP contribution in [0.5, 0.6) is 11.5 Å². The lowest BCUT2D eigenvalue weighted by molar-refractivity contribution is -0.0404. The molecule has 116 valence electrons. The average molecular weight is 294 g/mol. The van der Waals surface area contributed by atoms with Gasteiger partial charge in [0.2, 0.25) is 0 Å². The van der Waals surface area contributed by atoms with Crippen molar-refractivity contribution < 1.29 is 19.4 Å². The van der Waals surface area contributed by atoms with E-state index in [4.69, 9.17) is 19.4 Å². The Bertz CT molecular complexity index is 504. The fourth-order valence-corrected chi connectivity index (χ4v) is 2.25. The summed E-state index contributed by atoms with van der Waals surface area (Å²) < 4.78 is 16.8. The molecule has 1 aromatic carbocycles. The highest BCUT2D eigenvalue weighted by Gasteiger charge is 2.19. The molecule has 21 heavy (non-hydrogen) atoms. The first-order chi connectivity index (χ1) is 10.1. The number of nitrogens with zero attached hydrogens (tertiary/aromatic N) is 2. The molecule has 2 rings (SSSR count). The Morgan fingerprint density at radius 2 is 2.33 bits per heavy atom. The van der Waals surface area contributed by atoms with E-state index in [1.54, 1.807) is 20.1 Å². The van der Waals surface area contributed by atoms with E-state index >= 15 is 0 Å². The van der Waals surface area contributed by atoms with Crippen LogP contribution in [0, 0.1) is 0 Å². The van der Waals surface area contributed by atoms with Crippen LogP contribution in [0.2, 0.25) is 0 Å². The van der Waals surface area contributed by atoms with Crippen molar-refractivity contribution in [1.29, 1.82) is 0 Å². The molecule has 0 aliphatic carbocycles. The molecular weight excluding hydrogens is 272 g/mol. The third kappa shape index (κ3) is 4.09. The zero-order chi connectivity index (χ0) is 15.2. The van der Waals surface area contributed by atoms with Gasteiger partial charge in [-0.15, -0.1) is 0 Å². The number of morpholine rings is 1. The Labute approximate surface area is 124 Å². The molecule has 1 N–H and O–H groups in total. The molecular formula is C15H22N2O4. The smallest absolute Gasteiger partial charge is 0.132 e. The maximum atomic E-state index is 8.96. The van der Waals surface area contributed by atoms with Gasteiger partial charge in [0.25, 0.3) is 0 Å². The first-order valence-corrected chi connectivity index (χ1v) is 6.94. The van der Waals surface area contributed by atoms with Gasteiger partial charge in [-0.25, -0.2) is 0 Å². The molecule has 1 fully saturated rings. The van der Waals surface area contributed by atoms with Crippen LogP contribution in [0.3, 0.4) is 0 Å². The van der Waals surface area contributed by atoms with Crippen LogP contribution >= 0.6 is 0 Å². The first-order valence-electron chi connectivity index (χ1n) is 6.94. The molecule has 1 saturated heterocycles. The predicted molar refractivity (Wildman–Crippen MR) is 79.7 cm³/mol. The minimum absolute atomic E-state index is 0.0363. The monoisotopic (exact) mass is 294 g/mol. The minimum atomic E-state index is 0.0363. The van der Waals surface area contributed by atoms with Crippen molar-refractivity contribution in [3.63, 3.8) is 0 Å². The van der Waals surface area contributed by atoms with Gasteiger partial charge in [-0.3, -0.25) is 0 Å². The second-order valence-electron chi connectivity index (χ2n) is 5.11. The minimum Gasteiger partial charge on any atom is -0.497 e. The van der Waals surface area contributed by atoms with E-state index in [1.165, 1.54) is 0 Å². The van der Waals surface area contributed by atoms with Gasteiger partial charge in [-0.05, 0) is 26.1 Å². The normalized spacial score (nSPS) is 20.3. The summed E-state index contributed by atoms with van der Waals surface area (Å²) in [7, 11) is 3.67. The molecule has 1 aliphatic heterocycles. The second kappa shape index (κ2) is 7.28. The maximum Gasteiger partial charge on any atom is 0.132 e. The van der Waals surface area contributed by atoms with Crippen molar-refractivity contribution in [2.75, 3.05) is 40.5 Å². The van der Waals surface area contributed by atoms with Crippen molar-refractivity contribution in [2.24, 2.45) is 5.16 Å². The molecule has 0 radical (unpaired) electrons. The fourth-order valence-electron chi connectivity index (χ4n) is 2.25. The summed E-state index contributed by atoms with van der Waals surface area (Å²) in [6, 6.07) is 5.41. The van der Waals surface area contributed by atoms with E-state index in [0.717, 1.165) is 18.7 Å². The number of rotatable bonds is 5. The van der Waals surface area contributed by atoms with Gasteiger partial charge in [0.1, 0.15) is 24.2 Å². The van der Waals surface area contributed by atoms with Crippen LogP contribution < -0.4 is 9.47 Å². The van der Waals surface area contributed by atoms with Gasteiger partial charge < -0.3 is 24.3 Å². The van der Waals surface area contributed by atoms with Crippen LogP contribution in [-0.2, 0) is 4.74 Å². The van der Waals surface area contributed by atoms with Gasteiger partial charge in [0, 0.05) is 24.7 Å². The third-order valence-corrected chi connectivity index (χ3v) is 3.50. The number of methoxy groups -OCH3 is 1. The SMILES string of the molecule is COc1ccc(/C(C)=N/O)c(OCC2CN(C)CCO2)c1. The summed E-state index contributed by atoms with van der Waals surface area (Å²) in [4.78, 5) is 2.21. The summed E-state index contributed by atoms with van der Waals surface area (Å²) in [5.74, 6) is 1.32. The molecule has 0 amide bonds. The van der Waals surface area contributed by atoms with Crippen LogP contribution in [0.1, 0.15) is 12.5 Å². The molecule has 0 bridgehead atoms. The number of likely N-dealkylation sites (N-methyl/N-ethyl adjacent to an activating group) is 1. The second-order valence-corrected chi connectivity index (χ2v) is 5.11. The fraction of sp³-hybridized carbons (Fsp3) is 0.533. The molecule has 1 aliphatic rings. The molecule has 0 saturated carbocycles. The maximum absolute atomic E-state index is 8.96. The molecule has 6 heteroatoms. The molecule has 6 nitrogen and oxygen atoms in total.